The molecule has 0 fully saturated rings. The van der Waals surface area contributed by atoms with Crippen LogP contribution < -0.4 is 0 Å². The van der Waals surface area contributed by atoms with Crippen molar-refractivity contribution in [2.24, 2.45) is 0 Å². The summed E-state index contributed by atoms with van der Waals surface area (Å²) in [5.74, 6) is 0. The van der Waals surface area contributed by atoms with Crippen molar-refractivity contribution in [3.8, 4) is 0 Å². The van der Waals surface area contributed by atoms with Gasteiger partial charge in [0.05, 0.1) is 0 Å². The second-order valence-electron chi connectivity index (χ2n) is 3.15. The van der Waals surface area contributed by atoms with Crippen molar-refractivity contribution in [3.63, 3.8) is 0 Å². The van der Waals surface area contributed by atoms with Crippen molar-refractivity contribution in [1.29, 1.82) is 0 Å². The zero-order chi connectivity index (χ0) is 11.5. The van der Waals surface area contributed by atoms with Crippen molar-refractivity contribution < 1.29 is 4.79 Å². The minimum Gasteiger partial charge on any atom is -0.304 e. The Morgan fingerprint density at radius 2 is 1.47 bits per heavy atom. The summed E-state index contributed by atoms with van der Waals surface area (Å²) in [6, 6.07) is 9.10. The maximum Gasteiger partial charge on any atom is 0.150 e. The van der Waals surface area contributed by atoms with Gasteiger partial charge in [0.25, 0.3) is 0 Å². The number of benzene rings is 1. The highest BCUT2D eigenvalue weighted by Crippen LogP contribution is 1.91. The molecule has 1 aromatic carbocycles. The first-order chi connectivity index (χ1) is 7.28. The van der Waals surface area contributed by atoms with E-state index in [1.54, 1.807) is 12.1 Å². The summed E-state index contributed by atoms with van der Waals surface area (Å²) in [4.78, 5) is 12.4. The molecule has 1 rings (SSSR count). The Kier molecular flexibility index (Phi) is 8.69. The van der Waals surface area contributed by atoms with Gasteiger partial charge in [-0.1, -0.05) is 51.1 Å². The van der Waals surface area contributed by atoms with Gasteiger partial charge in [0, 0.05) is 5.56 Å². The molecule has 0 amide bonds. The summed E-state index contributed by atoms with van der Waals surface area (Å²) >= 11 is 0. The molecule has 0 unspecified atom stereocenters. The van der Waals surface area contributed by atoms with Gasteiger partial charge in [-0.2, -0.15) is 0 Å². The standard InChI is InChI=1S/C7H6O.C6H15N/c8-6-7-4-2-1-3-5-7;1-4-7(5-2)6-3/h1-6H;4-6H2,1-3H3. The monoisotopic (exact) mass is 207 g/mol. The number of carbonyl (C=O) groups is 1. The molecule has 0 aliphatic carbocycles. The van der Waals surface area contributed by atoms with Crippen molar-refractivity contribution >= 4 is 6.29 Å². The molecule has 15 heavy (non-hydrogen) atoms. The average molecular weight is 207 g/mol. The van der Waals surface area contributed by atoms with E-state index in [0.29, 0.717) is 0 Å². The van der Waals surface area contributed by atoms with Crippen LogP contribution in [-0.2, 0) is 0 Å². The van der Waals surface area contributed by atoms with Gasteiger partial charge in [-0.05, 0) is 19.6 Å². The van der Waals surface area contributed by atoms with E-state index in [2.05, 4.69) is 25.7 Å². The van der Waals surface area contributed by atoms with Gasteiger partial charge < -0.3 is 4.90 Å². The van der Waals surface area contributed by atoms with Crippen LogP contribution in [0.25, 0.3) is 0 Å². The van der Waals surface area contributed by atoms with Crippen molar-refractivity contribution in [3.05, 3.63) is 35.9 Å². The number of carbonyl (C=O) groups excluding carboxylic acids is 1. The third-order valence-corrected chi connectivity index (χ3v) is 2.28. The minimum atomic E-state index is 0.729. The Morgan fingerprint density at radius 3 is 1.67 bits per heavy atom. The van der Waals surface area contributed by atoms with Crippen molar-refractivity contribution in [1.82, 2.24) is 4.90 Å². The molecule has 84 valence electrons. The zero-order valence-corrected chi connectivity index (χ0v) is 9.94. The maximum atomic E-state index is 10.0. The summed E-state index contributed by atoms with van der Waals surface area (Å²) in [7, 11) is 0. The largest absolute Gasteiger partial charge is 0.304 e. The first-order valence-corrected chi connectivity index (χ1v) is 5.51. The molecule has 0 aromatic heterocycles. The molecule has 0 atom stereocenters. The van der Waals surface area contributed by atoms with Crippen molar-refractivity contribution in [2.45, 2.75) is 20.8 Å². The Bertz CT molecular complexity index is 236. The molecule has 0 radical (unpaired) electrons. The van der Waals surface area contributed by atoms with Crippen LogP contribution in [0.1, 0.15) is 31.1 Å². The lowest BCUT2D eigenvalue weighted by molar-refractivity contribution is 0.112. The van der Waals surface area contributed by atoms with Crippen LogP contribution in [0.5, 0.6) is 0 Å². The molecule has 0 heterocycles. The summed E-state index contributed by atoms with van der Waals surface area (Å²) in [5, 5.41) is 0. The predicted octanol–water partition coefficient (Wildman–Crippen LogP) is 2.85. The lowest BCUT2D eigenvalue weighted by Crippen LogP contribution is -2.21. The number of hydrogen-bond acceptors (Lipinski definition) is 2. The van der Waals surface area contributed by atoms with Crippen LogP contribution in [0.4, 0.5) is 0 Å². The van der Waals surface area contributed by atoms with Gasteiger partial charge in [0.15, 0.2) is 0 Å². The third-order valence-electron chi connectivity index (χ3n) is 2.28. The molecule has 2 heteroatoms. The quantitative estimate of drug-likeness (QED) is 0.708. The highest BCUT2D eigenvalue weighted by Gasteiger charge is 1.89. The lowest BCUT2D eigenvalue weighted by atomic mass is 10.2. The van der Waals surface area contributed by atoms with Gasteiger partial charge in [-0.25, -0.2) is 0 Å². The Labute approximate surface area is 92.9 Å². The number of rotatable bonds is 4. The van der Waals surface area contributed by atoms with E-state index in [0.717, 1.165) is 11.8 Å². The fourth-order valence-electron chi connectivity index (χ4n) is 1.20. The van der Waals surface area contributed by atoms with E-state index in [1.807, 2.05) is 18.2 Å². The maximum absolute atomic E-state index is 10.0. The fraction of sp³-hybridized carbons (Fsp3) is 0.462. The lowest BCUT2D eigenvalue weighted by Gasteiger charge is -2.13. The summed E-state index contributed by atoms with van der Waals surface area (Å²) in [6.07, 6.45) is 0.833. The number of nitrogens with zero attached hydrogens (tertiary/aromatic N) is 1. The molecule has 0 saturated carbocycles. The van der Waals surface area contributed by atoms with Crippen LogP contribution in [0.15, 0.2) is 30.3 Å². The molecular weight excluding hydrogens is 186 g/mol. The molecule has 0 N–H and O–H groups in total. The van der Waals surface area contributed by atoms with Crippen LogP contribution in [0.3, 0.4) is 0 Å². The van der Waals surface area contributed by atoms with Gasteiger partial charge in [-0.3, -0.25) is 4.79 Å². The molecule has 0 spiro atoms. The Morgan fingerprint density at radius 1 is 1.00 bits per heavy atom. The smallest absolute Gasteiger partial charge is 0.150 e. The van der Waals surface area contributed by atoms with Crippen LogP contribution in [-0.4, -0.2) is 30.8 Å². The Balaban J connectivity index is 0.000000265. The summed E-state index contributed by atoms with van der Waals surface area (Å²) in [6.45, 7) is 10.1. The van der Waals surface area contributed by atoms with Gasteiger partial charge in [0.2, 0.25) is 0 Å². The van der Waals surface area contributed by atoms with E-state index in [4.69, 9.17) is 0 Å². The van der Waals surface area contributed by atoms with Crippen LogP contribution >= 0.6 is 0 Å². The number of aldehydes is 1. The first kappa shape index (κ1) is 13.8. The predicted molar refractivity (Wildman–Crippen MR) is 65.3 cm³/mol. The molecular formula is C13H21NO. The second-order valence-corrected chi connectivity index (χ2v) is 3.15. The van der Waals surface area contributed by atoms with E-state index < -0.39 is 0 Å². The second kappa shape index (κ2) is 9.41. The van der Waals surface area contributed by atoms with Gasteiger partial charge in [-0.15, -0.1) is 0 Å². The highest BCUT2D eigenvalue weighted by atomic mass is 16.1. The van der Waals surface area contributed by atoms with Crippen LogP contribution in [0.2, 0.25) is 0 Å². The van der Waals surface area contributed by atoms with E-state index in [9.17, 15) is 4.79 Å². The van der Waals surface area contributed by atoms with E-state index in [1.165, 1.54) is 19.6 Å². The summed E-state index contributed by atoms with van der Waals surface area (Å²) < 4.78 is 0. The Hall–Kier alpha value is -1.15. The van der Waals surface area contributed by atoms with Gasteiger partial charge in [0.1, 0.15) is 6.29 Å². The highest BCUT2D eigenvalue weighted by molar-refractivity contribution is 5.74. The van der Waals surface area contributed by atoms with E-state index >= 15 is 0 Å². The third kappa shape index (κ3) is 6.86. The van der Waals surface area contributed by atoms with E-state index in [-0.39, 0.29) is 0 Å². The molecule has 0 saturated heterocycles. The normalized spacial score (nSPS) is 9.33. The SMILES string of the molecule is CCN(CC)CC.O=Cc1ccccc1. The first-order valence-electron chi connectivity index (χ1n) is 5.51. The molecule has 0 aliphatic heterocycles. The number of hydrogen-bond donors (Lipinski definition) is 0. The van der Waals surface area contributed by atoms with Crippen molar-refractivity contribution in [2.75, 3.05) is 19.6 Å². The summed E-state index contributed by atoms with van der Waals surface area (Å²) in [5.41, 5.74) is 0.729. The molecule has 0 bridgehead atoms. The van der Waals surface area contributed by atoms with Crippen LogP contribution in [0, 0.1) is 0 Å². The molecule has 0 aliphatic rings. The molecule has 1 aromatic rings. The van der Waals surface area contributed by atoms with Gasteiger partial charge >= 0.3 is 0 Å². The molecule has 2 nitrogen and oxygen atoms in total. The fourth-order valence-corrected chi connectivity index (χ4v) is 1.20. The minimum absolute atomic E-state index is 0.729. The topological polar surface area (TPSA) is 20.3 Å². The zero-order valence-electron chi connectivity index (χ0n) is 9.94. The average Bonchev–Trinajstić information content (AvgIpc) is 2.33.